The van der Waals surface area contributed by atoms with Gasteiger partial charge in [-0.1, -0.05) is 31.2 Å². The van der Waals surface area contributed by atoms with E-state index in [-0.39, 0.29) is 12.1 Å². The summed E-state index contributed by atoms with van der Waals surface area (Å²) in [5.41, 5.74) is 2.68. The molecule has 0 spiro atoms. The summed E-state index contributed by atoms with van der Waals surface area (Å²) in [5.74, 6) is 1.08. The molecule has 2 amide bonds. The van der Waals surface area contributed by atoms with E-state index >= 15 is 0 Å². The molecule has 3 rings (SSSR count). The number of carbonyl (C=O) groups is 1. The minimum Gasteiger partial charge on any atom is -0.331 e. The van der Waals surface area contributed by atoms with Gasteiger partial charge in [-0.05, 0) is 49.9 Å². The van der Waals surface area contributed by atoms with Crippen LogP contribution in [0.2, 0.25) is 0 Å². The normalized spacial score (nSPS) is 27.3. The van der Waals surface area contributed by atoms with E-state index in [1.807, 2.05) is 4.90 Å². The van der Waals surface area contributed by atoms with Gasteiger partial charge in [0, 0.05) is 19.6 Å². The van der Waals surface area contributed by atoms with Crippen molar-refractivity contribution in [2.24, 2.45) is 11.8 Å². The zero-order valence-electron chi connectivity index (χ0n) is 13.9. The molecule has 0 unspecified atom stereocenters. The lowest BCUT2D eigenvalue weighted by molar-refractivity contribution is 0.198. The van der Waals surface area contributed by atoms with Crippen LogP contribution < -0.4 is 5.32 Å². The van der Waals surface area contributed by atoms with E-state index in [4.69, 9.17) is 0 Å². The van der Waals surface area contributed by atoms with Crippen LogP contribution >= 0.6 is 0 Å². The van der Waals surface area contributed by atoms with Crippen LogP contribution in [0.1, 0.15) is 30.5 Å². The van der Waals surface area contributed by atoms with E-state index in [0.717, 1.165) is 32.5 Å². The van der Waals surface area contributed by atoms with Gasteiger partial charge in [-0.15, -0.1) is 0 Å². The molecule has 1 fully saturated rings. The van der Waals surface area contributed by atoms with Crippen molar-refractivity contribution in [1.29, 1.82) is 0 Å². The largest absolute Gasteiger partial charge is 0.331 e. The second kappa shape index (κ2) is 6.29. The van der Waals surface area contributed by atoms with Crippen molar-refractivity contribution in [3.63, 3.8) is 0 Å². The molecule has 1 aromatic carbocycles. The fourth-order valence-electron chi connectivity index (χ4n) is 3.92. The molecule has 0 radical (unpaired) electrons. The summed E-state index contributed by atoms with van der Waals surface area (Å²) in [4.78, 5) is 16.8. The van der Waals surface area contributed by atoms with Crippen molar-refractivity contribution in [3.05, 3.63) is 35.4 Å². The number of hydrogen-bond acceptors (Lipinski definition) is 2. The Morgan fingerprint density at radius 1 is 1.36 bits per heavy atom. The summed E-state index contributed by atoms with van der Waals surface area (Å²) < 4.78 is 0. The van der Waals surface area contributed by atoms with Crippen molar-refractivity contribution < 1.29 is 4.79 Å². The first kappa shape index (κ1) is 15.3. The fourth-order valence-corrected chi connectivity index (χ4v) is 3.92. The number of nitrogens with one attached hydrogen (secondary N) is 1. The maximum absolute atomic E-state index is 12.6. The SMILES string of the molecule is C[C@@H]1Cc2ccccc2[C@@H]1NC(=O)N1CC[C@@H](CN(C)C)C1. The third-order valence-electron chi connectivity index (χ3n) is 4.98. The average Bonchev–Trinajstić information content (AvgIpc) is 3.04. The van der Waals surface area contributed by atoms with Crippen molar-refractivity contribution in [1.82, 2.24) is 15.1 Å². The summed E-state index contributed by atoms with van der Waals surface area (Å²) in [6.45, 7) is 5.05. The molecule has 0 bridgehead atoms. The van der Waals surface area contributed by atoms with Gasteiger partial charge in [-0.2, -0.15) is 0 Å². The first-order valence-electron chi connectivity index (χ1n) is 8.32. The number of nitrogens with zero attached hydrogens (tertiary/aromatic N) is 2. The van der Waals surface area contributed by atoms with Gasteiger partial charge in [0.25, 0.3) is 0 Å². The number of fused-ring (bicyclic) bond motifs is 1. The number of urea groups is 1. The predicted molar refractivity (Wildman–Crippen MR) is 88.8 cm³/mol. The first-order valence-corrected chi connectivity index (χ1v) is 8.32. The molecule has 2 aliphatic rings. The molecule has 1 N–H and O–H groups in total. The molecule has 1 heterocycles. The highest BCUT2D eigenvalue weighted by atomic mass is 16.2. The van der Waals surface area contributed by atoms with E-state index in [0.29, 0.717) is 11.8 Å². The van der Waals surface area contributed by atoms with Crippen LogP contribution in [-0.4, -0.2) is 49.6 Å². The molecule has 1 aliphatic heterocycles. The van der Waals surface area contributed by atoms with Gasteiger partial charge in [0.05, 0.1) is 6.04 Å². The molecule has 0 aromatic heterocycles. The Morgan fingerprint density at radius 2 is 2.14 bits per heavy atom. The van der Waals surface area contributed by atoms with E-state index in [1.165, 1.54) is 11.1 Å². The molecule has 0 saturated carbocycles. The number of likely N-dealkylation sites (tertiary alicyclic amines) is 1. The highest BCUT2D eigenvalue weighted by Crippen LogP contribution is 2.35. The van der Waals surface area contributed by atoms with Crippen molar-refractivity contribution in [3.8, 4) is 0 Å². The zero-order valence-corrected chi connectivity index (χ0v) is 13.9. The molecule has 4 heteroatoms. The van der Waals surface area contributed by atoms with Crippen LogP contribution in [0.25, 0.3) is 0 Å². The molecule has 22 heavy (non-hydrogen) atoms. The van der Waals surface area contributed by atoms with Crippen LogP contribution in [0.3, 0.4) is 0 Å². The van der Waals surface area contributed by atoms with Gasteiger partial charge in [0.1, 0.15) is 0 Å². The van der Waals surface area contributed by atoms with Crippen LogP contribution in [0.5, 0.6) is 0 Å². The van der Waals surface area contributed by atoms with Gasteiger partial charge in [-0.25, -0.2) is 4.79 Å². The number of benzene rings is 1. The van der Waals surface area contributed by atoms with Gasteiger partial charge in [0.2, 0.25) is 0 Å². The smallest absolute Gasteiger partial charge is 0.317 e. The third kappa shape index (κ3) is 3.12. The Kier molecular flexibility index (Phi) is 4.39. The molecular weight excluding hydrogens is 274 g/mol. The van der Waals surface area contributed by atoms with E-state index in [2.05, 4.69) is 55.5 Å². The van der Waals surface area contributed by atoms with Crippen molar-refractivity contribution in [2.75, 3.05) is 33.7 Å². The van der Waals surface area contributed by atoms with E-state index in [9.17, 15) is 4.79 Å². The lowest BCUT2D eigenvalue weighted by atomic mass is 10.0. The second-order valence-electron chi connectivity index (χ2n) is 7.17. The number of amides is 2. The Bertz CT molecular complexity index is 543. The van der Waals surface area contributed by atoms with Gasteiger partial charge < -0.3 is 15.1 Å². The Morgan fingerprint density at radius 3 is 2.91 bits per heavy atom. The molecule has 1 saturated heterocycles. The molecule has 1 aliphatic carbocycles. The Hall–Kier alpha value is -1.55. The maximum atomic E-state index is 12.6. The summed E-state index contributed by atoms with van der Waals surface area (Å²) in [7, 11) is 4.19. The number of hydrogen-bond donors (Lipinski definition) is 1. The van der Waals surface area contributed by atoms with Crippen LogP contribution in [0.15, 0.2) is 24.3 Å². The summed E-state index contributed by atoms with van der Waals surface area (Å²) in [5, 5.41) is 3.27. The number of carbonyl (C=O) groups excluding carboxylic acids is 1. The predicted octanol–water partition coefficient (Wildman–Crippen LogP) is 2.51. The fraction of sp³-hybridized carbons (Fsp3) is 0.611. The molecule has 120 valence electrons. The molecular formula is C18H27N3O. The lowest BCUT2D eigenvalue weighted by Crippen LogP contribution is -2.41. The quantitative estimate of drug-likeness (QED) is 0.931. The molecule has 4 nitrogen and oxygen atoms in total. The maximum Gasteiger partial charge on any atom is 0.317 e. The third-order valence-corrected chi connectivity index (χ3v) is 4.98. The van der Waals surface area contributed by atoms with E-state index in [1.54, 1.807) is 0 Å². The van der Waals surface area contributed by atoms with Crippen LogP contribution in [0.4, 0.5) is 4.79 Å². The minimum absolute atomic E-state index is 0.106. The highest BCUT2D eigenvalue weighted by Gasteiger charge is 2.33. The van der Waals surface area contributed by atoms with Crippen LogP contribution in [-0.2, 0) is 6.42 Å². The van der Waals surface area contributed by atoms with E-state index < -0.39 is 0 Å². The van der Waals surface area contributed by atoms with Gasteiger partial charge in [-0.3, -0.25) is 0 Å². The first-order chi connectivity index (χ1) is 10.5. The second-order valence-corrected chi connectivity index (χ2v) is 7.17. The summed E-state index contributed by atoms with van der Waals surface area (Å²) in [6, 6.07) is 8.76. The van der Waals surface area contributed by atoms with Crippen molar-refractivity contribution >= 4 is 6.03 Å². The Balaban J connectivity index is 1.61. The Labute approximate surface area is 133 Å². The summed E-state index contributed by atoms with van der Waals surface area (Å²) in [6.07, 6.45) is 2.17. The monoisotopic (exact) mass is 301 g/mol. The lowest BCUT2D eigenvalue weighted by Gasteiger charge is -2.24. The standard InChI is InChI=1S/C18H27N3O/c1-13-10-15-6-4-5-7-16(15)17(13)19-18(22)21-9-8-14(12-21)11-20(2)3/h4-7,13-14,17H,8-12H2,1-3H3,(H,19,22)/t13-,14+,17-/m1/s1. The van der Waals surface area contributed by atoms with Gasteiger partial charge >= 0.3 is 6.03 Å². The average molecular weight is 301 g/mol. The van der Waals surface area contributed by atoms with Gasteiger partial charge in [0.15, 0.2) is 0 Å². The highest BCUT2D eigenvalue weighted by molar-refractivity contribution is 5.75. The summed E-state index contributed by atoms with van der Waals surface area (Å²) >= 11 is 0. The van der Waals surface area contributed by atoms with Crippen LogP contribution in [0, 0.1) is 11.8 Å². The molecule has 3 atom stereocenters. The topological polar surface area (TPSA) is 35.6 Å². The van der Waals surface area contributed by atoms with Crippen molar-refractivity contribution in [2.45, 2.75) is 25.8 Å². The molecule has 1 aromatic rings. The zero-order chi connectivity index (χ0) is 15.7. The minimum atomic E-state index is 0.106. The number of rotatable bonds is 3.